The van der Waals surface area contributed by atoms with Crippen molar-refractivity contribution in [1.82, 2.24) is 4.57 Å². The standard InChI is InChI=1S/C76H48BN3/c1-4-16-49(17-5-1)51-28-35-58(36-29-51)79-72-47-56(55-34-39-65-64-26-14-15-27-70(64)78(71(65)46-55)57-22-8-3-9-23-57)48-73-74(72)77(68-44-42-62-60-24-12-10-20-53(60)32-40-66(62)75(68)79)69-45-43-63-61-25-13-11-21-54(61)33-41-67(63)76(69)80(73)59-37-30-52(31-38-59)50-18-6-2-7-19-50/h1-48H. The van der Waals surface area contributed by atoms with Crippen molar-refractivity contribution in [2.24, 2.45) is 0 Å². The highest BCUT2D eigenvalue weighted by molar-refractivity contribution is 7.01. The van der Waals surface area contributed by atoms with Crippen LogP contribution >= 0.6 is 0 Å². The summed E-state index contributed by atoms with van der Waals surface area (Å²) in [6, 6.07) is 109. The molecule has 4 heteroatoms. The van der Waals surface area contributed by atoms with Gasteiger partial charge in [-0.15, -0.1) is 0 Å². The minimum atomic E-state index is -0.103. The molecular formula is C76H48BN3. The summed E-state index contributed by atoms with van der Waals surface area (Å²) in [4.78, 5) is 5.21. The van der Waals surface area contributed by atoms with E-state index in [-0.39, 0.29) is 6.71 Å². The fraction of sp³-hybridized carbons (Fsp3) is 0. The monoisotopic (exact) mass is 1010 g/mol. The molecule has 0 saturated heterocycles. The molecule has 0 atom stereocenters. The van der Waals surface area contributed by atoms with Crippen LogP contribution in [0.4, 0.5) is 34.1 Å². The quantitative estimate of drug-likeness (QED) is 0.121. The number of benzene rings is 14. The molecule has 0 unspecified atom stereocenters. The van der Waals surface area contributed by atoms with E-state index < -0.39 is 0 Å². The number of anilines is 6. The Labute approximate surface area is 464 Å². The fourth-order valence-corrected chi connectivity index (χ4v) is 13.7. The predicted molar refractivity (Wildman–Crippen MR) is 341 cm³/mol. The second kappa shape index (κ2) is 17.6. The minimum absolute atomic E-state index is 0.103. The summed E-state index contributed by atoms with van der Waals surface area (Å²) in [5.74, 6) is 0. The number of aromatic nitrogens is 1. The molecule has 0 spiro atoms. The Morgan fingerprint density at radius 3 is 1.19 bits per heavy atom. The Balaban J connectivity index is 1.01. The van der Waals surface area contributed by atoms with Gasteiger partial charge in [-0.2, -0.15) is 0 Å². The van der Waals surface area contributed by atoms with Crippen LogP contribution in [-0.2, 0) is 0 Å². The van der Waals surface area contributed by atoms with Crippen molar-refractivity contribution in [2.45, 2.75) is 0 Å². The van der Waals surface area contributed by atoms with Gasteiger partial charge < -0.3 is 14.4 Å². The summed E-state index contributed by atoms with van der Waals surface area (Å²) in [6.45, 7) is -0.103. The largest absolute Gasteiger partial charge is 0.311 e. The zero-order valence-electron chi connectivity index (χ0n) is 43.6. The van der Waals surface area contributed by atoms with Crippen LogP contribution in [0.5, 0.6) is 0 Å². The van der Waals surface area contributed by atoms with Crippen molar-refractivity contribution in [2.75, 3.05) is 9.80 Å². The molecule has 0 fully saturated rings. The summed E-state index contributed by atoms with van der Waals surface area (Å²) in [5.41, 5.74) is 21.4. The molecule has 0 bridgehead atoms. The average molecular weight is 1010 g/mol. The van der Waals surface area contributed by atoms with Gasteiger partial charge in [-0.3, -0.25) is 0 Å². The third kappa shape index (κ3) is 6.69. The Kier molecular flexibility index (Phi) is 9.81. The molecule has 17 rings (SSSR count). The summed E-state index contributed by atoms with van der Waals surface area (Å²) in [6.07, 6.45) is 0. The first-order valence-electron chi connectivity index (χ1n) is 27.8. The molecule has 0 saturated carbocycles. The number of hydrogen-bond acceptors (Lipinski definition) is 2. The summed E-state index contributed by atoms with van der Waals surface area (Å²) in [5, 5.41) is 12.4. The molecule has 15 aromatic rings. The average Bonchev–Trinajstić information content (AvgIpc) is 3.27. The van der Waals surface area contributed by atoms with E-state index in [9.17, 15) is 0 Å². The van der Waals surface area contributed by atoms with Crippen molar-refractivity contribution in [3.63, 3.8) is 0 Å². The third-order valence-electron chi connectivity index (χ3n) is 17.3. The van der Waals surface area contributed by atoms with E-state index in [4.69, 9.17) is 0 Å². The Morgan fingerprint density at radius 1 is 0.237 bits per heavy atom. The normalized spacial score (nSPS) is 12.7. The lowest BCUT2D eigenvalue weighted by atomic mass is 9.33. The topological polar surface area (TPSA) is 11.4 Å². The SMILES string of the molecule is c1ccc(-c2ccc(N3c4cc(-c5ccc6c7ccccc7n(-c7ccccc7)c6c5)cc5c4B(c4ccc6c(ccc7ccccc76)c43)c3ccc4c(ccc6ccccc64)c3N5c3ccc(-c4ccccc4)cc3)cc2)cc1. The Bertz CT molecular complexity index is 4760. The first kappa shape index (κ1) is 44.7. The van der Waals surface area contributed by atoms with Gasteiger partial charge in [0.2, 0.25) is 0 Å². The van der Waals surface area contributed by atoms with Crippen molar-refractivity contribution >= 4 is 122 Å². The molecule has 0 aliphatic carbocycles. The second-order valence-electron chi connectivity index (χ2n) is 21.5. The zero-order valence-corrected chi connectivity index (χ0v) is 43.6. The van der Waals surface area contributed by atoms with Gasteiger partial charge >= 0.3 is 0 Å². The lowest BCUT2D eigenvalue weighted by Gasteiger charge is -2.45. The predicted octanol–water partition coefficient (Wildman–Crippen LogP) is 18.5. The molecule has 0 N–H and O–H groups in total. The van der Waals surface area contributed by atoms with E-state index in [0.29, 0.717) is 0 Å². The van der Waals surface area contributed by atoms with Crippen molar-refractivity contribution < 1.29 is 0 Å². The molecule has 80 heavy (non-hydrogen) atoms. The van der Waals surface area contributed by atoms with Crippen LogP contribution in [0.2, 0.25) is 0 Å². The van der Waals surface area contributed by atoms with E-state index >= 15 is 0 Å². The minimum Gasteiger partial charge on any atom is -0.311 e. The number of rotatable bonds is 6. The summed E-state index contributed by atoms with van der Waals surface area (Å²) in [7, 11) is 0. The van der Waals surface area contributed by atoms with Crippen LogP contribution in [0.15, 0.2) is 291 Å². The molecule has 3 nitrogen and oxygen atoms in total. The van der Waals surface area contributed by atoms with Gasteiger partial charge in [-0.25, -0.2) is 0 Å². The molecule has 14 aromatic carbocycles. The number of nitrogens with zero attached hydrogens (tertiary/aromatic N) is 3. The molecular weight excluding hydrogens is 966 g/mol. The maximum atomic E-state index is 2.61. The number of fused-ring (bicyclic) bond motifs is 15. The van der Waals surface area contributed by atoms with Crippen LogP contribution < -0.4 is 26.2 Å². The Morgan fingerprint density at radius 2 is 0.650 bits per heavy atom. The lowest BCUT2D eigenvalue weighted by Crippen LogP contribution is -2.61. The molecule has 0 amide bonds. The van der Waals surface area contributed by atoms with E-state index in [2.05, 4.69) is 306 Å². The van der Waals surface area contributed by atoms with E-state index in [1.165, 1.54) is 126 Å². The second-order valence-corrected chi connectivity index (χ2v) is 21.5. The third-order valence-corrected chi connectivity index (χ3v) is 17.3. The van der Waals surface area contributed by atoms with E-state index in [1.807, 2.05) is 0 Å². The van der Waals surface area contributed by atoms with Gasteiger partial charge in [0.05, 0.1) is 11.0 Å². The highest BCUT2D eigenvalue weighted by Gasteiger charge is 2.45. The van der Waals surface area contributed by atoms with Crippen molar-refractivity contribution in [1.29, 1.82) is 0 Å². The smallest absolute Gasteiger partial charge is 0.252 e. The van der Waals surface area contributed by atoms with Gasteiger partial charge in [-0.05, 0) is 143 Å². The van der Waals surface area contributed by atoms with Gasteiger partial charge in [0.1, 0.15) is 0 Å². The number of para-hydroxylation sites is 2. The molecule has 2 aliphatic heterocycles. The molecule has 3 heterocycles. The Hall–Kier alpha value is -10.4. The molecule has 1 aromatic heterocycles. The maximum Gasteiger partial charge on any atom is 0.252 e. The molecule has 2 aliphatic rings. The summed E-state index contributed by atoms with van der Waals surface area (Å²) < 4.78 is 2.44. The number of hydrogen-bond donors (Lipinski definition) is 0. The van der Waals surface area contributed by atoms with Crippen LogP contribution in [0.3, 0.4) is 0 Å². The van der Waals surface area contributed by atoms with Crippen LogP contribution in [0.1, 0.15) is 0 Å². The fourth-order valence-electron chi connectivity index (χ4n) is 13.7. The highest BCUT2D eigenvalue weighted by atomic mass is 15.2. The van der Waals surface area contributed by atoms with Gasteiger partial charge in [-0.1, -0.05) is 231 Å². The first-order chi connectivity index (χ1) is 39.7. The molecule has 0 radical (unpaired) electrons. The van der Waals surface area contributed by atoms with Crippen LogP contribution in [0.25, 0.3) is 104 Å². The van der Waals surface area contributed by atoms with Crippen LogP contribution in [0, 0.1) is 0 Å². The maximum absolute atomic E-state index is 2.61. The van der Waals surface area contributed by atoms with Crippen molar-refractivity contribution in [3.05, 3.63) is 291 Å². The molecule has 370 valence electrons. The van der Waals surface area contributed by atoms with Gasteiger partial charge in [0.25, 0.3) is 6.71 Å². The van der Waals surface area contributed by atoms with E-state index in [1.54, 1.807) is 0 Å². The highest BCUT2D eigenvalue weighted by Crippen LogP contribution is 2.51. The van der Waals surface area contributed by atoms with Gasteiger partial charge in [0, 0.05) is 61.4 Å². The zero-order chi connectivity index (χ0) is 52.4. The van der Waals surface area contributed by atoms with Crippen LogP contribution in [-0.4, -0.2) is 11.3 Å². The van der Waals surface area contributed by atoms with Gasteiger partial charge in [0.15, 0.2) is 0 Å². The summed E-state index contributed by atoms with van der Waals surface area (Å²) >= 11 is 0. The first-order valence-corrected chi connectivity index (χ1v) is 27.8. The van der Waals surface area contributed by atoms with Crippen molar-refractivity contribution in [3.8, 4) is 39.1 Å². The van der Waals surface area contributed by atoms with E-state index in [0.717, 1.165) is 28.2 Å². The lowest BCUT2D eigenvalue weighted by molar-refractivity contribution is 1.18.